The van der Waals surface area contributed by atoms with Gasteiger partial charge in [-0.15, -0.1) is 0 Å². The fourth-order valence-corrected chi connectivity index (χ4v) is 3.96. The van der Waals surface area contributed by atoms with Gasteiger partial charge in [0.15, 0.2) is 0 Å². The van der Waals surface area contributed by atoms with Crippen molar-refractivity contribution in [1.29, 1.82) is 0 Å². The summed E-state index contributed by atoms with van der Waals surface area (Å²) in [5.41, 5.74) is 1.33. The van der Waals surface area contributed by atoms with Crippen LogP contribution in [0.15, 0.2) is 42.5 Å². The van der Waals surface area contributed by atoms with Gasteiger partial charge in [-0.05, 0) is 35.1 Å². The van der Waals surface area contributed by atoms with Crippen molar-refractivity contribution in [3.05, 3.63) is 48.0 Å². The van der Waals surface area contributed by atoms with Crippen molar-refractivity contribution in [2.24, 2.45) is 5.92 Å². The molecule has 2 nitrogen and oxygen atoms in total. The molecule has 2 fully saturated rings. The van der Waals surface area contributed by atoms with Gasteiger partial charge in [0, 0.05) is 12.6 Å². The zero-order chi connectivity index (χ0) is 14.1. The first-order valence-corrected chi connectivity index (χ1v) is 8.24. The van der Waals surface area contributed by atoms with E-state index in [-0.39, 0.29) is 6.10 Å². The van der Waals surface area contributed by atoms with Crippen molar-refractivity contribution >= 4 is 10.8 Å². The Labute approximate surface area is 126 Å². The lowest BCUT2D eigenvalue weighted by Gasteiger charge is -2.29. The second-order valence-corrected chi connectivity index (χ2v) is 6.45. The van der Waals surface area contributed by atoms with Crippen LogP contribution in [-0.2, 0) is 4.74 Å². The molecule has 2 aromatic carbocycles. The third-order valence-corrected chi connectivity index (χ3v) is 5.16. The smallest absolute Gasteiger partial charge is 0.0955 e. The van der Waals surface area contributed by atoms with E-state index in [1.54, 1.807) is 0 Å². The number of benzene rings is 2. The SMILES string of the molecule is c1ccc2c(C3CNC4CCCCC4CO3)cccc2c1. The molecule has 21 heavy (non-hydrogen) atoms. The van der Waals surface area contributed by atoms with Crippen LogP contribution in [0, 0.1) is 5.92 Å². The maximum Gasteiger partial charge on any atom is 0.0955 e. The first-order chi connectivity index (χ1) is 10.4. The molecule has 1 saturated carbocycles. The minimum atomic E-state index is 0.182. The summed E-state index contributed by atoms with van der Waals surface area (Å²) >= 11 is 0. The van der Waals surface area contributed by atoms with E-state index in [0.29, 0.717) is 12.0 Å². The Balaban J connectivity index is 1.63. The van der Waals surface area contributed by atoms with Gasteiger partial charge < -0.3 is 10.1 Å². The lowest BCUT2D eigenvalue weighted by atomic mass is 9.85. The topological polar surface area (TPSA) is 21.3 Å². The molecule has 1 saturated heterocycles. The summed E-state index contributed by atoms with van der Waals surface area (Å²) in [6, 6.07) is 15.8. The van der Waals surface area contributed by atoms with Crippen LogP contribution in [0.1, 0.15) is 37.4 Å². The third-order valence-electron chi connectivity index (χ3n) is 5.16. The minimum Gasteiger partial charge on any atom is -0.372 e. The quantitative estimate of drug-likeness (QED) is 0.851. The summed E-state index contributed by atoms with van der Waals surface area (Å²) in [6.45, 7) is 1.85. The summed E-state index contributed by atoms with van der Waals surface area (Å²) in [5.74, 6) is 0.707. The average molecular weight is 281 g/mol. The van der Waals surface area contributed by atoms with Gasteiger partial charge in [-0.2, -0.15) is 0 Å². The highest BCUT2D eigenvalue weighted by Gasteiger charge is 2.30. The summed E-state index contributed by atoms with van der Waals surface area (Å²) in [7, 11) is 0. The fraction of sp³-hybridized carbons (Fsp3) is 0.474. The Bertz CT molecular complexity index is 602. The highest BCUT2D eigenvalue weighted by atomic mass is 16.5. The molecule has 1 aliphatic carbocycles. The second-order valence-electron chi connectivity index (χ2n) is 6.45. The summed E-state index contributed by atoms with van der Waals surface area (Å²) < 4.78 is 6.30. The Hall–Kier alpha value is -1.38. The lowest BCUT2D eigenvalue weighted by Crippen LogP contribution is -2.38. The molecule has 0 bridgehead atoms. The van der Waals surface area contributed by atoms with Crippen molar-refractivity contribution in [1.82, 2.24) is 5.32 Å². The van der Waals surface area contributed by atoms with Crippen LogP contribution >= 0.6 is 0 Å². The molecule has 2 aromatic rings. The van der Waals surface area contributed by atoms with E-state index in [2.05, 4.69) is 47.8 Å². The standard InChI is InChI=1S/C19H23NO/c1-3-9-16-14(6-1)8-5-10-17(16)19-12-20-18-11-4-2-7-15(18)13-21-19/h1,3,5-6,8-10,15,18-20H,2,4,7,11-13H2. The van der Waals surface area contributed by atoms with E-state index in [1.807, 2.05) is 0 Å². The molecule has 0 aromatic heterocycles. The fourth-order valence-electron chi connectivity index (χ4n) is 3.96. The second kappa shape index (κ2) is 5.78. The number of rotatable bonds is 1. The van der Waals surface area contributed by atoms with Gasteiger partial charge in [-0.3, -0.25) is 0 Å². The highest BCUT2D eigenvalue weighted by Crippen LogP contribution is 2.32. The molecule has 1 aliphatic heterocycles. The first kappa shape index (κ1) is 13.3. The van der Waals surface area contributed by atoms with Crippen LogP contribution in [0.2, 0.25) is 0 Å². The van der Waals surface area contributed by atoms with E-state index in [4.69, 9.17) is 4.74 Å². The number of hydrogen-bond acceptors (Lipinski definition) is 2. The lowest BCUT2D eigenvalue weighted by molar-refractivity contribution is 0.0409. The number of ether oxygens (including phenoxy) is 1. The minimum absolute atomic E-state index is 0.182. The largest absolute Gasteiger partial charge is 0.372 e. The maximum absolute atomic E-state index is 6.30. The van der Waals surface area contributed by atoms with Gasteiger partial charge in [0.25, 0.3) is 0 Å². The van der Waals surface area contributed by atoms with Crippen LogP contribution in [0.3, 0.4) is 0 Å². The molecule has 1 N–H and O–H groups in total. The Morgan fingerprint density at radius 2 is 1.81 bits per heavy atom. The summed E-state index contributed by atoms with van der Waals surface area (Å²) in [4.78, 5) is 0. The molecule has 0 radical (unpaired) electrons. The van der Waals surface area contributed by atoms with Gasteiger partial charge in [-0.25, -0.2) is 0 Å². The number of hydrogen-bond donors (Lipinski definition) is 1. The summed E-state index contributed by atoms with van der Waals surface area (Å²) in [6.07, 6.45) is 5.55. The van der Waals surface area contributed by atoms with Crippen molar-refractivity contribution in [2.75, 3.05) is 13.2 Å². The molecule has 2 heteroatoms. The average Bonchev–Trinajstić information content (AvgIpc) is 2.77. The molecule has 1 heterocycles. The molecule has 4 rings (SSSR count). The first-order valence-electron chi connectivity index (χ1n) is 8.24. The van der Waals surface area contributed by atoms with Crippen molar-refractivity contribution in [2.45, 2.75) is 37.8 Å². The van der Waals surface area contributed by atoms with Gasteiger partial charge in [0.2, 0.25) is 0 Å². The summed E-state index contributed by atoms with van der Waals surface area (Å²) in [5, 5.41) is 6.41. The molecular weight excluding hydrogens is 258 g/mol. The van der Waals surface area contributed by atoms with Crippen LogP contribution < -0.4 is 5.32 Å². The van der Waals surface area contributed by atoms with Gasteiger partial charge in [-0.1, -0.05) is 55.3 Å². The van der Waals surface area contributed by atoms with Crippen LogP contribution in [0.5, 0.6) is 0 Å². The normalized spacial score (nSPS) is 29.8. The Morgan fingerprint density at radius 3 is 2.81 bits per heavy atom. The highest BCUT2D eigenvalue weighted by molar-refractivity contribution is 5.86. The third kappa shape index (κ3) is 2.58. The van der Waals surface area contributed by atoms with E-state index >= 15 is 0 Å². The zero-order valence-electron chi connectivity index (χ0n) is 12.4. The monoisotopic (exact) mass is 281 g/mol. The molecule has 0 amide bonds. The molecule has 110 valence electrons. The maximum atomic E-state index is 6.30. The van der Waals surface area contributed by atoms with Crippen LogP contribution in [0.4, 0.5) is 0 Å². The van der Waals surface area contributed by atoms with E-state index in [0.717, 1.165) is 13.2 Å². The molecule has 0 spiro atoms. The van der Waals surface area contributed by atoms with Gasteiger partial charge >= 0.3 is 0 Å². The van der Waals surface area contributed by atoms with E-state index in [9.17, 15) is 0 Å². The van der Waals surface area contributed by atoms with Gasteiger partial charge in [0.1, 0.15) is 0 Å². The predicted octanol–water partition coefficient (Wildman–Crippen LogP) is 4.06. The van der Waals surface area contributed by atoms with E-state index < -0.39 is 0 Å². The number of fused-ring (bicyclic) bond motifs is 2. The molecular formula is C19H23NO. The van der Waals surface area contributed by atoms with Crippen molar-refractivity contribution in [3.8, 4) is 0 Å². The van der Waals surface area contributed by atoms with Crippen molar-refractivity contribution in [3.63, 3.8) is 0 Å². The van der Waals surface area contributed by atoms with Crippen LogP contribution in [0.25, 0.3) is 10.8 Å². The Kier molecular flexibility index (Phi) is 3.66. The van der Waals surface area contributed by atoms with Crippen molar-refractivity contribution < 1.29 is 4.74 Å². The Morgan fingerprint density at radius 1 is 0.952 bits per heavy atom. The number of nitrogens with one attached hydrogen (secondary N) is 1. The molecule has 2 aliphatic rings. The molecule has 3 atom stereocenters. The van der Waals surface area contributed by atoms with Crippen LogP contribution in [-0.4, -0.2) is 19.2 Å². The zero-order valence-corrected chi connectivity index (χ0v) is 12.4. The predicted molar refractivity (Wildman–Crippen MR) is 86.4 cm³/mol. The van der Waals surface area contributed by atoms with E-state index in [1.165, 1.54) is 42.0 Å². The van der Waals surface area contributed by atoms with Gasteiger partial charge in [0.05, 0.1) is 12.7 Å². The molecule has 3 unspecified atom stereocenters.